The zero-order valence-corrected chi connectivity index (χ0v) is 36.3. The number of nitrogens with two attached hydrogens (primary N) is 1. The van der Waals surface area contributed by atoms with Crippen LogP contribution in [0.1, 0.15) is 149 Å². The number of unbranched alkanes of at least 4 members (excludes halogenated alkanes) is 18. The molecule has 0 saturated heterocycles. The predicted octanol–water partition coefficient (Wildman–Crippen LogP) is 12.6. The van der Waals surface area contributed by atoms with Gasteiger partial charge < -0.3 is 24.1 Å². The minimum absolute atomic E-state index is 0.0925. The Morgan fingerprint density at radius 1 is 0.667 bits per heavy atom. The van der Waals surface area contributed by atoms with E-state index in [1.807, 2.05) is 33.1 Å². The Kier molecular flexibility index (Phi) is 29.6. The van der Waals surface area contributed by atoms with Crippen molar-refractivity contribution in [3.8, 4) is 0 Å². The van der Waals surface area contributed by atoms with Gasteiger partial charge in [-0.05, 0) is 19.8 Å². The first-order chi connectivity index (χ1) is 25.0. The highest BCUT2D eigenvalue weighted by atomic mass is 33.1. The van der Waals surface area contributed by atoms with Crippen molar-refractivity contribution >= 4 is 67.8 Å². The Balaban J connectivity index is 1.63. The molecule has 2 heterocycles. The molecule has 0 radical (unpaired) electrons. The standard InChI is InChI=1S/C37H70N5O4PS4/c1-4-6-8-10-12-14-16-18-20-22-26-48-50-28-24-45-47(43,33-44-34(3)30-42-32-41-35-36(38)39-31-40-37(35)42)46-25-29-51-49-27-23-21-19-17-15-13-11-9-7-5-2/h31-32,34H,4-30,33H2,1-3H3,(H2,38,39,40)/t34-/m1/s1. The molecule has 0 amide bonds. The van der Waals surface area contributed by atoms with Gasteiger partial charge in [0, 0.05) is 23.0 Å². The van der Waals surface area contributed by atoms with E-state index in [1.54, 1.807) is 27.9 Å². The number of fused-ring (bicyclic) bond motifs is 1. The fourth-order valence-electron chi connectivity index (χ4n) is 5.65. The average molecular weight is 808 g/mol. The first-order valence-corrected chi connectivity index (χ1v) is 26.6. The van der Waals surface area contributed by atoms with E-state index in [4.69, 9.17) is 19.5 Å². The Morgan fingerprint density at radius 2 is 1.12 bits per heavy atom. The molecular formula is C37H70N5O4PS4. The highest BCUT2D eigenvalue weighted by molar-refractivity contribution is 8.77. The topological polar surface area (TPSA) is 114 Å². The second kappa shape index (κ2) is 32.1. The number of imidazole rings is 1. The second-order valence-corrected chi connectivity index (χ2v) is 20.8. The number of hydrogen-bond donors (Lipinski definition) is 1. The molecule has 0 aliphatic carbocycles. The quantitative estimate of drug-likeness (QED) is 0.0398. The van der Waals surface area contributed by atoms with Crippen molar-refractivity contribution in [2.75, 3.05) is 48.3 Å². The molecule has 2 aromatic heterocycles. The summed E-state index contributed by atoms with van der Waals surface area (Å²) in [6.45, 7) is 7.69. The van der Waals surface area contributed by atoms with Crippen molar-refractivity contribution in [2.45, 2.75) is 162 Å². The van der Waals surface area contributed by atoms with Gasteiger partial charge in [-0.15, -0.1) is 0 Å². The minimum atomic E-state index is -3.43. The zero-order chi connectivity index (χ0) is 36.7. The number of nitrogens with zero attached hydrogens (tertiary/aromatic N) is 4. The van der Waals surface area contributed by atoms with Crippen LogP contribution in [0, 0.1) is 0 Å². The Bertz CT molecular complexity index is 1110. The van der Waals surface area contributed by atoms with Crippen molar-refractivity contribution in [1.82, 2.24) is 19.5 Å². The summed E-state index contributed by atoms with van der Waals surface area (Å²) < 4.78 is 33.6. The van der Waals surface area contributed by atoms with Crippen LogP contribution in [0.25, 0.3) is 11.2 Å². The zero-order valence-electron chi connectivity index (χ0n) is 32.1. The minimum Gasteiger partial charge on any atom is -0.382 e. The summed E-state index contributed by atoms with van der Waals surface area (Å²) >= 11 is 0. The van der Waals surface area contributed by atoms with E-state index in [9.17, 15) is 4.57 Å². The first kappa shape index (κ1) is 47.0. The van der Waals surface area contributed by atoms with Crippen LogP contribution in [0.2, 0.25) is 0 Å². The van der Waals surface area contributed by atoms with Crippen molar-refractivity contribution in [2.24, 2.45) is 0 Å². The largest absolute Gasteiger partial charge is 0.382 e. The highest BCUT2D eigenvalue weighted by Gasteiger charge is 2.26. The predicted molar refractivity (Wildman–Crippen MR) is 228 cm³/mol. The summed E-state index contributed by atoms with van der Waals surface area (Å²) in [5.41, 5.74) is 7.15. The number of ether oxygens (including phenoxy) is 1. The fraction of sp³-hybridized carbons (Fsp3) is 0.865. The lowest BCUT2D eigenvalue weighted by Crippen LogP contribution is -2.18. The molecule has 2 N–H and O–H groups in total. The molecule has 0 saturated carbocycles. The molecule has 2 rings (SSSR count). The van der Waals surface area contributed by atoms with Crippen molar-refractivity contribution in [3.63, 3.8) is 0 Å². The Hall–Kier alpha value is -0.140. The summed E-state index contributed by atoms with van der Waals surface area (Å²) in [4.78, 5) is 12.7. The lowest BCUT2D eigenvalue weighted by Gasteiger charge is -2.21. The van der Waals surface area contributed by atoms with E-state index in [-0.39, 0.29) is 12.5 Å². The van der Waals surface area contributed by atoms with Gasteiger partial charge in [0.2, 0.25) is 0 Å². The van der Waals surface area contributed by atoms with E-state index < -0.39 is 7.60 Å². The molecular weight excluding hydrogens is 738 g/mol. The molecule has 0 bridgehead atoms. The van der Waals surface area contributed by atoms with Gasteiger partial charge >= 0.3 is 7.60 Å². The van der Waals surface area contributed by atoms with Crippen molar-refractivity contribution in [1.29, 1.82) is 0 Å². The van der Waals surface area contributed by atoms with Crippen LogP contribution in [0.3, 0.4) is 0 Å². The van der Waals surface area contributed by atoms with E-state index in [0.717, 1.165) is 23.0 Å². The number of hydrogen-bond acceptors (Lipinski definition) is 12. The van der Waals surface area contributed by atoms with Gasteiger partial charge in [0.1, 0.15) is 18.2 Å². The summed E-state index contributed by atoms with van der Waals surface area (Å²) in [6.07, 6.45) is 29.8. The van der Waals surface area contributed by atoms with Gasteiger partial charge in [0.15, 0.2) is 11.5 Å². The van der Waals surface area contributed by atoms with Gasteiger partial charge in [-0.3, -0.25) is 4.57 Å². The monoisotopic (exact) mass is 807 g/mol. The van der Waals surface area contributed by atoms with Crippen molar-refractivity contribution in [3.05, 3.63) is 12.7 Å². The van der Waals surface area contributed by atoms with E-state index in [2.05, 4.69) is 28.8 Å². The van der Waals surface area contributed by atoms with Gasteiger partial charge in [-0.25, -0.2) is 15.0 Å². The van der Waals surface area contributed by atoms with Gasteiger partial charge in [-0.2, -0.15) is 0 Å². The summed E-state index contributed by atoms with van der Waals surface area (Å²) in [7, 11) is 3.91. The number of aromatic nitrogens is 4. The number of anilines is 1. The third-order valence-electron chi connectivity index (χ3n) is 8.64. The molecule has 0 unspecified atom stereocenters. The third kappa shape index (κ3) is 24.1. The summed E-state index contributed by atoms with van der Waals surface area (Å²) in [5.74, 6) is 4.15. The van der Waals surface area contributed by atoms with Crippen LogP contribution >= 0.6 is 50.8 Å². The van der Waals surface area contributed by atoms with E-state index in [1.165, 1.54) is 135 Å². The Labute approximate surface area is 326 Å². The molecule has 2 aromatic rings. The van der Waals surface area contributed by atoms with Gasteiger partial charge in [0.25, 0.3) is 0 Å². The lowest BCUT2D eigenvalue weighted by molar-refractivity contribution is 0.0675. The number of rotatable bonds is 37. The maximum atomic E-state index is 13.8. The smallest absolute Gasteiger partial charge is 0.356 e. The first-order valence-electron chi connectivity index (χ1n) is 19.9. The molecule has 51 heavy (non-hydrogen) atoms. The summed E-state index contributed by atoms with van der Waals surface area (Å²) in [6, 6.07) is 0. The molecule has 0 aromatic carbocycles. The highest BCUT2D eigenvalue weighted by Crippen LogP contribution is 2.49. The van der Waals surface area contributed by atoms with Crippen LogP contribution in [-0.4, -0.2) is 68.2 Å². The molecule has 0 spiro atoms. The van der Waals surface area contributed by atoms with Crippen LogP contribution in [-0.2, 0) is 24.9 Å². The number of nitrogen functional groups attached to an aromatic ring is 1. The normalized spacial score (nSPS) is 12.7. The van der Waals surface area contributed by atoms with Crippen LogP contribution in [0.15, 0.2) is 12.7 Å². The Morgan fingerprint density at radius 3 is 1.61 bits per heavy atom. The lowest BCUT2D eigenvalue weighted by atomic mass is 10.1. The summed E-state index contributed by atoms with van der Waals surface area (Å²) in [5, 5.41) is 0. The fourth-order valence-corrected chi connectivity index (χ4v) is 11.2. The molecule has 296 valence electrons. The average Bonchev–Trinajstić information content (AvgIpc) is 3.54. The maximum absolute atomic E-state index is 13.8. The SMILES string of the molecule is CCCCCCCCCCCCSSCCOP(=O)(CO[C@H](C)Cn1cnc2c(N)ncnc21)OCCSSCCCCCCCCCCCC. The van der Waals surface area contributed by atoms with Crippen LogP contribution in [0.5, 0.6) is 0 Å². The molecule has 0 aliphatic rings. The molecule has 1 atom stereocenters. The van der Waals surface area contributed by atoms with Crippen molar-refractivity contribution < 1.29 is 18.3 Å². The third-order valence-corrected chi connectivity index (χ3v) is 15.2. The second-order valence-electron chi connectivity index (χ2n) is 13.4. The molecule has 0 fully saturated rings. The molecule has 14 heteroatoms. The van der Waals surface area contributed by atoms with Crippen LogP contribution in [0.4, 0.5) is 5.82 Å². The van der Waals surface area contributed by atoms with E-state index in [0.29, 0.717) is 36.7 Å². The maximum Gasteiger partial charge on any atom is 0.356 e. The van der Waals surface area contributed by atoms with Gasteiger partial charge in [0.05, 0.1) is 32.2 Å². The van der Waals surface area contributed by atoms with Gasteiger partial charge in [-0.1, -0.05) is 173 Å². The molecule has 9 nitrogen and oxygen atoms in total. The molecule has 0 aliphatic heterocycles. The van der Waals surface area contributed by atoms with E-state index >= 15 is 0 Å². The van der Waals surface area contributed by atoms with Crippen LogP contribution < -0.4 is 5.73 Å².